The second-order valence-corrected chi connectivity index (χ2v) is 2.41. The Labute approximate surface area is 111 Å². The SMILES string of the molecule is Cc1cnn(C)c1[B-](F)(F)F.[K+]. The molecule has 0 spiro atoms. The molecule has 1 aromatic heterocycles. The van der Waals surface area contributed by atoms with Crippen molar-refractivity contribution in [3.05, 3.63) is 11.8 Å². The first-order valence-electron chi connectivity index (χ1n) is 3.11. The maximum atomic E-state index is 12.1. The number of aryl methyl sites for hydroxylation is 2. The van der Waals surface area contributed by atoms with Gasteiger partial charge in [0.15, 0.2) is 0 Å². The Morgan fingerprint density at radius 2 is 1.92 bits per heavy atom. The van der Waals surface area contributed by atoms with Crippen molar-refractivity contribution in [1.29, 1.82) is 0 Å². The van der Waals surface area contributed by atoms with Crippen molar-refractivity contribution in [1.82, 2.24) is 9.78 Å². The summed E-state index contributed by atoms with van der Waals surface area (Å²) in [6.07, 6.45) is 1.21. The first-order valence-corrected chi connectivity index (χ1v) is 3.11. The molecule has 1 rings (SSSR count). The summed E-state index contributed by atoms with van der Waals surface area (Å²) in [6, 6.07) is 0. The van der Waals surface area contributed by atoms with Crippen molar-refractivity contribution in [2.75, 3.05) is 0 Å². The van der Waals surface area contributed by atoms with E-state index in [1.54, 1.807) is 0 Å². The van der Waals surface area contributed by atoms with E-state index in [4.69, 9.17) is 0 Å². The molecular formula is C5H7BF3KN2. The zero-order valence-corrected chi connectivity index (χ0v) is 10.3. The zero-order valence-electron chi connectivity index (χ0n) is 7.18. The molecule has 0 aliphatic heterocycles. The molecule has 62 valence electrons. The van der Waals surface area contributed by atoms with E-state index in [1.165, 1.54) is 20.2 Å². The van der Waals surface area contributed by atoms with Gasteiger partial charge in [-0.25, -0.2) is 0 Å². The fourth-order valence-corrected chi connectivity index (χ4v) is 1.03. The largest absolute Gasteiger partial charge is 1.00 e. The molecule has 0 N–H and O–H groups in total. The molecule has 0 aliphatic rings. The van der Waals surface area contributed by atoms with E-state index in [2.05, 4.69) is 5.10 Å². The Hall–Kier alpha value is 0.701. The van der Waals surface area contributed by atoms with Crippen LogP contribution in [0.5, 0.6) is 0 Å². The maximum absolute atomic E-state index is 12.1. The minimum Gasteiger partial charge on any atom is -0.444 e. The number of nitrogens with zero attached hydrogens (tertiary/aromatic N) is 2. The molecule has 2 nitrogen and oxygen atoms in total. The molecule has 1 aromatic rings. The van der Waals surface area contributed by atoms with Gasteiger partial charge in [-0.05, 0) is 18.1 Å². The molecule has 0 fully saturated rings. The summed E-state index contributed by atoms with van der Waals surface area (Å²) in [5.41, 5.74) is -0.440. The van der Waals surface area contributed by atoms with E-state index in [-0.39, 0.29) is 56.9 Å². The summed E-state index contributed by atoms with van der Waals surface area (Å²) in [6.45, 7) is -3.51. The van der Waals surface area contributed by atoms with Gasteiger partial charge in [-0.3, -0.25) is 0 Å². The molecule has 12 heavy (non-hydrogen) atoms. The van der Waals surface area contributed by atoms with Crippen molar-refractivity contribution in [3.8, 4) is 0 Å². The van der Waals surface area contributed by atoms with Crippen molar-refractivity contribution >= 4 is 12.6 Å². The topological polar surface area (TPSA) is 17.8 Å². The van der Waals surface area contributed by atoms with Crippen LogP contribution < -0.4 is 57.0 Å². The average molecular weight is 202 g/mol. The van der Waals surface area contributed by atoms with E-state index in [0.717, 1.165) is 4.68 Å². The van der Waals surface area contributed by atoms with Gasteiger partial charge < -0.3 is 17.6 Å². The van der Waals surface area contributed by atoms with E-state index in [1.807, 2.05) is 0 Å². The predicted octanol–water partition coefficient (Wildman–Crippen LogP) is -2.21. The van der Waals surface area contributed by atoms with Crippen LogP contribution in [0.4, 0.5) is 12.9 Å². The first kappa shape index (κ1) is 12.7. The van der Waals surface area contributed by atoms with Crippen LogP contribution in [0.2, 0.25) is 0 Å². The van der Waals surface area contributed by atoms with Gasteiger partial charge in [0.1, 0.15) is 0 Å². The smallest absolute Gasteiger partial charge is 0.444 e. The Morgan fingerprint density at radius 1 is 1.42 bits per heavy atom. The van der Waals surface area contributed by atoms with E-state index < -0.39 is 12.6 Å². The Kier molecular flexibility index (Phi) is 4.53. The maximum Gasteiger partial charge on any atom is 1.00 e. The summed E-state index contributed by atoms with van der Waals surface area (Å²) >= 11 is 0. The Balaban J connectivity index is 0.00000121. The standard InChI is InChI=1S/C5H7BF3N2.K/c1-4-3-10-11(2)5(4)6(7,8)9;/h3H,1-2H3;/q-1;+1. The van der Waals surface area contributed by atoms with Gasteiger partial charge in [-0.1, -0.05) is 0 Å². The second kappa shape index (κ2) is 4.28. The van der Waals surface area contributed by atoms with Crippen LogP contribution in [0.25, 0.3) is 0 Å². The first-order chi connectivity index (χ1) is 4.93. The fraction of sp³-hybridized carbons (Fsp3) is 0.400. The van der Waals surface area contributed by atoms with Gasteiger partial charge in [0, 0.05) is 13.2 Å². The minimum absolute atomic E-state index is 0. The quantitative estimate of drug-likeness (QED) is 0.472. The molecule has 0 atom stereocenters. The van der Waals surface area contributed by atoms with E-state index >= 15 is 0 Å². The monoisotopic (exact) mass is 202 g/mol. The van der Waals surface area contributed by atoms with Crippen LogP contribution in [0.1, 0.15) is 5.56 Å². The van der Waals surface area contributed by atoms with Crippen LogP contribution in [0.3, 0.4) is 0 Å². The van der Waals surface area contributed by atoms with E-state index in [0.29, 0.717) is 0 Å². The molecule has 0 saturated heterocycles. The van der Waals surface area contributed by atoms with Crippen LogP contribution in [0.15, 0.2) is 6.20 Å². The van der Waals surface area contributed by atoms with Gasteiger partial charge in [0.25, 0.3) is 0 Å². The predicted molar refractivity (Wildman–Crippen MR) is 36.7 cm³/mol. The number of halogens is 3. The number of rotatable bonds is 1. The average Bonchev–Trinajstić information content (AvgIpc) is 2.08. The molecular weight excluding hydrogens is 195 g/mol. The van der Waals surface area contributed by atoms with Gasteiger partial charge in [-0.15, -0.1) is 0 Å². The van der Waals surface area contributed by atoms with Gasteiger partial charge in [-0.2, -0.15) is 5.10 Å². The number of hydrogen-bond donors (Lipinski definition) is 0. The summed E-state index contributed by atoms with van der Waals surface area (Å²) < 4.78 is 37.3. The van der Waals surface area contributed by atoms with Gasteiger partial charge in [0.05, 0.1) is 0 Å². The summed E-state index contributed by atoms with van der Waals surface area (Å²) in [5, 5.41) is 3.49. The van der Waals surface area contributed by atoms with Crippen LogP contribution in [0, 0.1) is 6.92 Å². The minimum atomic E-state index is -4.91. The Bertz CT molecular complexity index is 251. The third kappa shape index (κ3) is 2.59. The van der Waals surface area contributed by atoms with E-state index in [9.17, 15) is 12.9 Å². The van der Waals surface area contributed by atoms with Crippen LogP contribution >= 0.6 is 0 Å². The van der Waals surface area contributed by atoms with Crippen molar-refractivity contribution in [2.45, 2.75) is 6.92 Å². The second-order valence-electron chi connectivity index (χ2n) is 2.41. The van der Waals surface area contributed by atoms with Crippen LogP contribution in [-0.4, -0.2) is 16.8 Å². The number of aromatic nitrogens is 2. The molecule has 0 unspecified atom stereocenters. The molecule has 0 aromatic carbocycles. The molecule has 7 heteroatoms. The molecule has 0 radical (unpaired) electrons. The zero-order chi connectivity index (χ0) is 8.65. The number of hydrogen-bond acceptors (Lipinski definition) is 1. The van der Waals surface area contributed by atoms with Crippen LogP contribution in [-0.2, 0) is 7.05 Å². The molecule has 1 heterocycles. The molecule has 0 amide bonds. The van der Waals surface area contributed by atoms with Crippen molar-refractivity contribution in [2.24, 2.45) is 7.05 Å². The molecule has 0 aliphatic carbocycles. The molecule has 0 bridgehead atoms. The van der Waals surface area contributed by atoms with Crippen molar-refractivity contribution < 1.29 is 64.3 Å². The summed E-state index contributed by atoms with van der Waals surface area (Å²) in [5.74, 6) is 0. The normalized spacial score (nSPS) is 11.1. The fourth-order valence-electron chi connectivity index (χ4n) is 1.03. The molecule has 0 saturated carbocycles. The van der Waals surface area contributed by atoms with Gasteiger partial charge in [0.2, 0.25) is 0 Å². The van der Waals surface area contributed by atoms with Gasteiger partial charge >= 0.3 is 58.4 Å². The third-order valence-electron chi connectivity index (χ3n) is 1.49. The third-order valence-corrected chi connectivity index (χ3v) is 1.49. The Morgan fingerprint density at radius 3 is 2.08 bits per heavy atom. The van der Waals surface area contributed by atoms with Crippen molar-refractivity contribution in [3.63, 3.8) is 0 Å². The summed E-state index contributed by atoms with van der Waals surface area (Å²) in [4.78, 5) is 0. The summed E-state index contributed by atoms with van der Waals surface area (Å²) in [7, 11) is 1.29.